The Morgan fingerprint density at radius 3 is 2.67 bits per heavy atom. The number of ether oxygens (including phenoxy) is 2. The van der Waals surface area contributed by atoms with Gasteiger partial charge in [-0.2, -0.15) is 0 Å². The van der Waals surface area contributed by atoms with E-state index in [0.717, 1.165) is 0 Å². The molecule has 0 fully saturated rings. The molecule has 1 aromatic heterocycles. The van der Waals surface area contributed by atoms with Crippen LogP contribution in [-0.4, -0.2) is 43.0 Å². The molecule has 2 aromatic rings. The number of hydrogen-bond acceptors (Lipinski definition) is 7. The third kappa shape index (κ3) is 5.52. The summed E-state index contributed by atoms with van der Waals surface area (Å²) >= 11 is 1.30. The van der Waals surface area contributed by atoms with Gasteiger partial charge in [0.25, 0.3) is 5.91 Å². The van der Waals surface area contributed by atoms with Gasteiger partial charge >= 0.3 is 5.97 Å². The van der Waals surface area contributed by atoms with Gasteiger partial charge in [0, 0.05) is 18.8 Å². The minimum atomic E-state index is -0.591. The zero-order valence-electron chi connectivity index (χ0n) is 15.4. The molecule has 0 aliphatic rings. The Balaban J connectivity index is 1.84. The van der Waals surface area contributed by atoms with Crippen molar-refractivity contribution in [1.29, 1.82) is 0 Å². The Labute approximate surface area is 161 Å². The van der Waals surface area contributed by atoms with Gasteiger partial charge in [-0.3, -0.25) is 19.3 Å². The number of esters is 1. The lowest BCUT2D eigenvalue weighted by Gasteiger charge is -2.14. The quantitative estimate of drug-likeness (QED) is 0.691. The van der Waals surface area contributed by atoms with Gasteiger partial charge in [0.15, 0.2) is 5.13 Å². The molecule has 0 radical (unpaired) electrons. The van der Waals surface area contributed by atoms with Gasteiger partial charge in [0.2, 0.25) is 5.91 Å². The van der Waals surface area contributed by atoms with E-state index in [1.165, 1.54) is 30.3 Å². The average Bonchev–Trinajstić information content (AvgIpc) is 3.13. The molecular weight excluding hydrogens is 370 g/mol. The topological polar surface area (TPSA) is 97.8 Å². The van der Waals surface area contributed by atoms with Crippen LogP contribution in [-0.2, 0) is 20.9 Å². The standard InChI is InChI=1S/C18H21N3O5S/c1-4-21(12(2)22)18-20-13(11-27-18)10-26-16(23)9-19-17(24)14-7-5-6-8-15(14)25-3/h5-8,11H,4,9-10H2,1-3H3,(H,19,24). The number of nitrogens with zero attached hydrogens (tertiary/aromatic N) is 2. The normalized spacial score (nSPS) is 10.2. The molecule has 0 spiro atoms. The lowest BCUT2D eigenvalue weighted by Crippen LogP contribution is -2.30. The fourth-order valence-corrected chi connectivity index (χ4v) is 3.18. The van der Waals surface area contributed by atoms with E-state index in [0.29, 0.717) is 28.7 Å². The number of rotatable bonds is 8. The largest absolute Gasteiger partial charge is 0.496 e. The molecule has 144 valence electrons. The highest BCUT2D eigenvalue weighted by Gasteiger charge is 2.15. The van der Waals surface area contributed by atoms with Gasteiger partial charge in [0.05, 0.1) is 18.4 Å². The summed E-state index contributed by atoms with van der Waals surface area (Å²) in [7, 11) is 1.47. The van der Waals surface area contributed by atoms with Gasteiger partial charge in [-0.15, -0.1) is 11.3 Å². The predicted octanol–water partition coefficient (Wildman–Crippen LogP) is 2.00. The molecule has 0 bridgehead atoms. The highest BCUT2D eigenvalue weighted by molar-refractivity contribution is 7.14. The van der Waals surface area contributed by atoms with Crippen molar-refractivity contribution in [2.24, 2.45) is 0 Å². The average molecular weight is 391 g/mol. The van der Waals surface area contributed by atoms with E-state index < -0.39 is 11.9 Å². The zero-order chi connectivity index (χ0) is 19.8. The molecule has 9 heteroatoms. The predicted molar refractivity (Wildman–Crippen MR) is 101 cm³/mol. The third-order valence-corrected chi connectivity index (χ3v) is 4.51. The second kappa shape index (κ2) is 9.67. The van der Waals surface area contributed by atoms with Crippen LogP contribution in [0.15, 0.2) is 29.6 Å². The number of hydrogen-bond donors (Lipinski definition) is 1. The van der Waals surface area contributed by atoms with Gasteiger partial charge in [-0.05, 0) is 19.1 Å². The molecule has 2 amide bonds. The number of methoxy groups -OCH3 is 1. The van der Waals surface area contributed by atoms with Crippen LogP contribution in [0.25, 0.3) is 0 Å². The van der Waals surface area contributed by atoms with Crippen LogP contribution in [0.4, 0.5) is 5.13 Å². The number of para-hydroxylation sites is 1. The van der Waals surface area contributed by atoms with Crippen LogP contribution in [0.3, 0.4) is 0 Å². The molecular formula is C18H21N3O5S. The van der Waals surface area contributed by atoms with Crippen molar-refractivity contribution in [3.63, 3.8) is 0 Å². The number of benzene rings is 1. The molecule has 8 nitrogen and oxygen atoms in total. The van der Waals surface area contributed by atoms with E-state index >= 15 is 0 Å². The first-order valence-electron chi connectivity index (χ1n) is 8.25. The SMILES string of the molecule is CCN(C(C)=O)c1nc(COC(=O)CNC(=O)c2ccccc2OC)cs1. The maximum Gasteiger partial charge on any atom is 0.325 e. The number of nitrogens with one attached hydrogen (secondary N) is 1. The molecule has 27 heavy (non-hydrogen) atoms. The molecule has 1 aromatic carbocycles. The summed E-state index contributed by atoms with van der Waals surface area (Å²) in [4.78, 5) is 41.3. The zero-order valence-corrected chi connectivity index (χ0v) is 16.2. The Morgan fingerprint density at radius 1 is 1.26 bits per heavy atom. The van der Waals surface area contributed by atoms with Gasteiger partial charge in [-0.1, -0.05) is 12.1 Å². The Hall–Kier alpha value is -2.94. The van der Waals surface area contributed by atoms with Crippen molar-refractivity contribution < 1.29 is 23.9 Å². The maximum absolute atomic E-state index is 12.1. The first-order valence-corrected chi connectivity index (χ1v) is 9.13. The minimum Gasteiger partial charge on any atom is -0.496 e. The van der Waals surface area contributed by atoms with Gasteiger partial charge in [0.1, 0.15) is 18.9 Å². The highest BCUT2D eigenvalue weighted by atomic mass is 32.1. The van der Waals surface area contributed by atoms with Gasteiger partial charge in [-0.25, -0.2) is 4.98 Å². The third-order valence-electron chi connectivity index (χ3n) is 3.59. The summed E-state index contributed by atoms with van der Waals surface area (Å²) in [6, 6.07) is 6.71. The van der Waals surface area contributed by atoms with E-state index in [2.05, 4.69) is 10.3 Å². The van der Waals surface area contributed by atoms with E-state index in [9.17, 15) is 14.4 Å². The van der Waals surface area contributed by atoms with Crippen molar-refractivity contribution in [3.05, 3.63) is 40.9 Å². The summed E-state index contributed by atoms with van der Waals surface area (Å²) in [5.74, 6) is -0.703. The lowest BCUT2D eigenvalue weighted by molar-refractivity contribution is -0.143. The first-order chi connectivity index (χ1) is 13.0. The van der Waals surface area contributed by atoms with Crippen molar-refractivity contribution >= 4 is 34.3 Å². The highest BCUT2D eigenvalue weighted by Crippen LogP contribution is 2.21. The van der Waals surface area contributed by atoms with Crippen LogP contribution < -0.4 is 15.0 Å². The fourth-order valence-electron chi connectivity index (χ4n) is 2.26. The molecule has 1 heterocycles. The number of thiazole rings is 1. The molecule has 0 atom stereocenters. The number of carbonyl (C=O) groups excluding carboxylic acids is 3. The van der Waals surface area contributed by atoms with Crippen LogP contribution in [0.2, 0.25) is 0 Å². The number of amides is 2. The first kappa shape index (κ1) is 20.4. The number of aromatic nitrogens is 1. The van der Waals surface area contributed by atoms with E-state index in [1.807, 2.05) is 6.92 Å². The van der Waals surface area contributed by atoms with Crippen LogP contribution in [0.1, 0.15) is 29.9 Å². The summed E-state index contributed by atoms with van der Waals surface area (Å²) < 4.78 is 10.2. The molecule has 2 rings (SSSR count). The van der Waals surface area contributed by atoms with Crippen molar-refractivity contribution in [3.8, 4) is 5.75 Å². The van der Waals surface area contributed by atoms with Crippen molar-refractivity contribution in [2.75, 3.05) is 25.1 Å². The number of anilines is 1. The van der Waals surface area contributed by atoms with E-state index in [1.54, 1.807) is 29.6 Å². The maximum atomic E-state index is 12.1. The molecule has 0 saturated carbocycles. The van der Waals surface area contributed by atoms with E-state index in [4.69, 9.17) is 9.47 Å². The molecule has 1 N–H and O–H groups in total. The van der Waals surface area contributed by atoms with E-state index in [-0.39, 0.29) is 19.1 Å². The number of carbonyl (C=O) groups is 3. The Bertz CT molecular complexity index is 821. The van der Waals surface area contributed by atoms with Crippen LogP contribution >= 0.6 is 11.3 Å². The van der Waals surface area contributed by atoms with Crippen LogP contribution in [0, 0.1) is 0 Å². The smallest absolute Gasteiger partial charge is 0.325 e. The monoisotopic (exact) mass is 391 g/mol. The van der Waals surface area contributed by atoms with Gasteiger partial charge < -0.3 is 14.8 Å². The summed E-state index contributed by atoms with van der Waals surface area (Å²) in [6.45, 7) is 3.52. The second-order valence-corrected chi connectivity index (χ2v) is 6.26. The second-order valence-electron chi connectivity index (χ2n) is 5.43. The fraction of sp³-hybridized carbons (Fsp3) is 0.333. The minimum absolute atomic E-state index is 0.0324. The van der Waals surface area contributed by atoms with Crippen molar-refractivity contribution in [2.45, 2.75) is 20.5 Å². The summed E-state index contributed by atoms with van der Waals surface area (Å²) in [5, 5.41) is 4.77. The molecule has 0 saturated heterocycles. The summed E-state index contributed by atoms with van der Waals surface area (Å²) in [6.07, 6.45) is 0. The lowest BCUT2D eigenvalue weighted by atomic mass is 10.2. The Morgan fingerprint density at radius 2 is 2.00 bits per heavy atom. The molecule has 0 aliphatic heterocycles. The van der Waals surface area contributed by atoms with Crippen molar-refractivity contribution in [1.82, 2.24) is 10.3 Å². The Kier molecular flexibility index (Phi) is 7.30. The summed E-state index contributed by atoms with van der Waals surface area (Å²) in [5.41, 5.74) is 0.875. The molecule has 0 aliphatic carbocycles. The van der Waals surface area contributed by atoms with Crippen LogP contribution in [0.5, 0.6) is 5.75 Å². The molecule has 0 unspecified atom stereocenters.